The Hall–Kier alpha value is -1.43. The van der Waals surface area contributed by atoms with E-state index in [0.29, 0.717) is 12.9 Å². The summed E-state index contributed by atoms with van der Waals surface area (Å²) >= 11 is 4.04. The molecule has 0 aliphatic heterocycles. The Bertz CT molecular complexity index is 708. The van der Waals surface area contributed by atoms with Crippen LogP contribution in [-0.2, 0) is 6.61 Å². The van der Waals surface area contributed by atoms with Crippen molar-refractivity contribution in [3.8, 4) is 5.75 Å². The molecule has 22 heavy (non-hydrogen) atoms. The van der Waals surface area contributed by atoms with Crippen LogP contribution in [0, 0.1) is 17.3 Å². The second kappa shape index (κ2) is 7.22. The van der Waals surface area contributed by atoms with Gasteiger partial charge in [-0.05, 0) is 75.0 Å². The molecule has 0 aromatic heterocycles. The molecule has 0 radical (unpaired) electrons. The topological polar surface area (TPSA) is 89.7 Å². The van der Waals surface area contributed by atoms with Crippen LogP contribution in [0.25, 0.3) is 0 Å². The number of non-ortho nitro benzene ring substituents is 1. The third-order valence-electron chi connectivity index (χ3n) is 2.78. The molecule has 8 heteroatoms. The molecule has 0 amide bonds. The van der Waals surface area contributed by atoms with Gasteiger partial charge < -0.3 is 9.84 Å². The summed E-state index contributed by atoms with van der Waals surface area (Å²) in [6.45, 7) is 0.246. The molecular formula is C14H9I2NO5. The van der Waals surface area contributed by atoms with Crippen LogP contribution < -0.4 is 4.74 Å². The molecule has 0 saturated carbocycles. The van der Waals surface area contributed by atoms with E-state index in [-0.39, 0.29) is 17.9 Å². The molecule has 2 aromatic rings. The maximum absolute atomic E-state index is 11.0. The second-order valence-corrected chi connectivity index (χ2v) is 6.61. The number of ether oxygens (including phenoxy) is 1. The van der Waals surface area contributed by atoms with Gasteiger partial charge in [-0.15, -0.1) is 0 Å². The van der Waals surface area contributed by atoms with Crippen LogP contribution >= 0.6 is 45.2 Å². The van der Waals surface area contributed by atoms with E-state index in [9.17, 15) is 14.9 Å². The average molecular weight is 525 g/mol. The highest BCUT2D eigenvalue weighted by Gasteiger charge is 2.13. The van der Waals surface area contributed by atoms with Gasteiger partial charge in [-0.1, -0.05) is 0 Å². The lowest BCUT2D eigenvalue weighted by Gasteiger charge is -2.11. The number of nitrogens with zero attached hydrogens (tertiary/aromatic N) is 1. The van der Waals surface area contributed by atoms with Crippen LogP contribution in [0.2, 0.25) is 0 Å². The molecule has 0 spiro atoms. The van der Waals surface area contributed by atoms with Gasteiger partial charge in [0, 0.05) is 12.1 Å². The summed E-state index contributed by atoms with van der Waals surface area (Å²) in [4.78, 5) is 21.1. The molecule has 1 N–H and O–H groups in total. The number of rotatable bonds is 5. The third kappa shape index (κ3) is 4.06. The van der Waals surface area contributed by atoms with Gasteiger partial charge in [0.25, 0.3) is 5.69 Å². The number of benzene rings is 2. The number of halogens is 2. The molecule has 0 aliphatic carbocycles. The number of nitro benzene ring substituents is 1. The Morgan fingerprint density at radius 2 is 1.73 bits per heavy atom. The Morgan fingerprint density at radius 3 is 2.18 bits per heavy atom. The van der Waals surface area contributed by atoms with E-state index in [1.807, 2.05) is 45.2 Å². The quantitative estimate of drug-likeness (QED) is 0.361. The van der Waals surface area contributed by atoms with E-state index in [4.69, 9.17) is 9.84 Å². The highest BCUT2D eigenvalue weighted by atomic mass is 127. The number of carbonyl (C=O) groups is 1. The van der Waals surface area contributed by atoms with Crippen LogP contribution in [0.1, 0.15) is 15.9 Å². The van der Waals surface area contributed by atoms with E-state index in [1.54, 1.807) is 12.1 Å². The smallest absolute Gasteiger partial charge is 0.335 e. The number of aromatic carboxylic acids is 1. The van der Waals surface area contributed by atoms with Crippen molar-refractivity contribution in [2.45, 2.75) is 6.61 Å². The van der Waals surface area contributed by atoms with Crippen molar-refractivity contribution in [1.29, 1.82) is 0 Å². The number of carboxylic acids is 1. The number of hydrogen-bond acceptors (Lipinski definition) is 4. The zero-order chi connectivity index (χ0) is 16.3. The van der Waals surface area contributed by atoms with Crippen molar-refractivity contribution in [2.75, 3.05) is 0 Å². The van der Waals surface area contributed by atoms with Gasteiger partial charge in [0.05, 0.1) is 17.6 Å². The molecule has 2 aromatic carbocycles. The molecule has 114 valence electrons. The Morgan fingerprint density at radius 1 is 1.18 bits per heavy atom. The predicted molar refractivity (Wildman–Crippen MR) is 96.3 cm³/mol. The summed E-state index contributed by atoms with van der Waals surface area (Å²) < 4.78 is 7.11. The molecule has 0 heterocycles. The lowest BCUT2D eigenvalue weighted by molar-refractivity contribution is -0.384. The molecular weight excluding hydrogens is 516 g/mol. The van der Waals surface area contributed by atoms with Gasteiger partial charge in [-0.2, -0.15) is 0 Å². The molecule has 2 rings (SSSR count). The van der Waals surface area contributed by atoms with Gasteiger partial charge in [0.2, 0.25) is 0 Å². The zero-order valence-corrected chi connectivity index (χ0v) is 15.3. The van der Waals surface area contributed by atoms with E-state index in [0.717, 1.165) is 5.56 Å². The van der Waals surface area contributed by atoms with Gasteiger partial charge in [-0.25, -0.2) is 4.79 Å². The molecule has 0 unspecified atom stereocenters. The monoisotopic (exact) mass is 525 g/mol. The van der Waals surface area contributed by atoms with Gasteiger partial charge >= 0.3 is 5.97 Å². The molecule has 0 saturated heterocycles. The fraction of sp³-hybridized carbons (Fsp3) is 0.0714. The lowest BCUT2D eigenvalue weighted by atomic mass is 10.2. The largest absolute Gasteiger partial charge is 0.487 e. The first kappa shape index (κ1) is 16.9. The highest BCUT2D eigenvalue weighted by molar-refractivity contribution is 14.1. The van der Waals surface area contributed by atoms with Crippen LogP contribution in [0.5, 0.6) is 5.75 Å². The molecule has 6 nitrogen and oxygen atoms in total. The van der Waals surface area contributed by atoms with E-state index in [2.05, 4.69) is 0 Å². The van der Waals surface area contributed by atoms with Crippen molar-refractivity contribution < 1.29 is 19.6 Å². The Kier molecular flexibility index (Phi) is 5.56. The Labute approximate surface area is 152 Å². The van der Waals surface area contributed by atoms with Gasteiger partial charge in [0.15, 0.2) is 0 Å². The van der Waals surface area contributed by atoms with E-state index in [1.165, 1.54) is 24.3 Å². The molecule has 0 atom stereocenters. The first-order valence-corrected chi connectivity index (χ1v) is 8.12. The van der Waals surface area contributed by atoms with Crippen molar-refractivity contribution in [3.63, 3.8) is 0 Å². The number of carboxylic acid groups (broad SMARTS) is 1. The van der Waals surface area contributed by atoms with Crippen molar-refractivity contribution in [1.82, 2.24) is 0 Å². The SMILES string of the molecule is O=C(O)c1cc(I)c(OCc2ccc([N+](=O)[O-])cc2)c(I)c1. The minimum Gasteiger partial charge on any atom is -0.487 e. The minimum absolute atomic E-state index is 0.0266. The number of hydrogen-bond donors (Lipinski definition) is 1. The van der Waals surface area contributed by atoms with Crippen LogP contribution in [-0.4, -0.2) is 16.0 Å². The normalized spacial score (nSPS) is 10.3. The van der Waals surface area contributed by atoms with E-state index < -0.39 is 10.9 Å². The van der Waals surface area contributed by atoms with Crippen molar-refractivity contribution in [2.24, 2.45) is 0 Å². The first-order chi connectivity index (χ1) is 10.4. The zero-order valence-electron chi connectivity index (χ0n) is 11.0. The average Bonchev–Trinajstić information content (AvgIpc) is 2.46. The predicted octanol–water partition coefficient (Wildman–Crippen LogP) is 4.08. The summed E-state index contributed by atoms with van der Waals surface area (Å²) in [7, 11) is 0. The fourth-order valence-electron chi connectivity index (χ4n) is 1.69. The number of nitro groups is 1. The third-order valence-corrected chi connectivity index (χ3v) is 4.38. The molecule has 0 bridgehead atoms. The van der Waals surface area contributed by atoms with Crippen molar-refractivity contribution >= 4 is 56.8 Å². The maximum atomic E-state index is 11.0. The second-order valence-electron chi connectivity index (χ2n) is 4.29. The lowest BCUT2D eigenvalue weighted by Crippen LogP contribution is -2.03. The maximum Gasteiger partial charge on any atom is 0.335 e. The summed E-state index contributed by atoms with van der Waals surface area (Å²) in [5.74, 6) is -0.387. The summed E-state index contributed by atoms with van der Waals surface area (Å²) in [5, 5.41) is 19.6. The summed E-state index contributed by atoms with van der Waals surface area (Å²) in [6, 6.07) is 9.17. The standard InChI is InChI=1S/C14H9I2NO5/c15-11-5-9(14(18)19)6-12(16)13(11)22-7-8-1-3-10(4-2-8)17(20)21/h1-6H,7H2,(H,18,19). The first-order valence-electron chi connectivity index (χ1n) is 5.97. The molecule has 0 fully saturated rings. The molecule has 0 aliphatic rings. The minimum atomic E-state index is -0.988. The van der Waals surface area contributed by atoms with Gasteiger partial charge in [0.1, 0.15) is 12.4 Å². The van der Waals surface area contributed by atoms with Crippen LogP contribution in [0.15, 0.2) is 36.4 Å². The van der Waals surface area contributed by atoms with E-state index >= 15 is 0 Å². The fourth-order valence-corrected chi connectivity index (χ4v) is 3.77. The van der Waals surface area contributed by atoms with Crippen molar-refractivity contribution in [3.05, 3.63) is 64.8 Å². The summed E-state index contributed by atoms with van der Waals surface area (Å²) in [6.07, 6.45) is 0. The van der Waals surface area contributed by atoms with Crippen LogP contribution in [0.3, 0.4) is 0 Å². The highest BCUT2D eigenvalue weighted by Crippen LogP contribution is 2.29. The van der Waals surface area contributed by atoms with Crippen LogP contribution in [0.4, 0.5) is 5.69 Å². The summed E-state index contributed by atoms with van der Waals surface area (Å²) in [5.41, 5.74) is 1.02. The Balaban J connectivity index is 2.14. The van der Waals surface area contributed by atoms with Gasteiger partial charge in [-0.3, -0.25) is 10.1 Å².